The van der Waals surface area contributed by atoms with Crippen molar-refractivity contribution in [1.82, 2.24) is 0 Å². The molecule has 0 saturated heterocycles. The molecular formula is C57H94O6. The highest BCUT2D eigenvalue weighted by atomic mass is 16.6. The molecule has 0 radical (unpaired) electrons. The van der Waals surface area contributed by atoms with Crippen LogP contribution in [0.3, 0.4) is 0 Å². The second-order valence-corrected chi connectivity index (χ2v) is 16.9. The van der Waals surface area contributed by atoms with Gasteiger partial charge in [-0.15, -0.1) is 0 Å². The molecule has 0 aliphatic carbocycles. The molecule has 1 atom stereocenters. The predicted octanol–water partition coefficient (Wildman–Crippen LogP) is 17.0. The molecule has 0 bridgehead atoms. The van der Waals surface area contributed by atoms with Gasteiger partial charge in [-0.25, -0.2) is 0 Å². The second kappa shape index (κ2) is 51.0. The highest BCUT2D eigenvalue weighted by Gasteiger charge is 2.19. The maximum absolute atomic E-state index is 12.8. The summed E-state index contributed by atoms with van der Waals surface area (Å²) in [6.45, 7) is 6.41. The second-order valence-electron chi connectivity index (χ2n) is 16.9. The number of allylic oxidation sites excluding steroid dienone is 16. The molecular weight excluding hydrogens is 781 g/mol. The Morgan fingerprint density at radius 2 is 0.683 bits per heavy atom. The van der Waals surface area contributed by atoms with E-state index in [2.05, 4.69) is 57.2 Å². The van der Waals surface area contributed by atoms with E-state index in [4.69, 9.17) is 14.2 Å². The van der Waals surface area contributed by atoms with E-state index < -0.39 is 6.10 Å². The van der Waals surface area contributed by atoms with Gasteiger partial charge in [-0.05, 0) is 70.6 Å². The summed E-state index contributed by atoms with van der Waals surface area (Å²) in [7, 11) is 0. The smallest absolute Gasteiger partial charge is 0.306 e. The first kappa shape index (κ1) is 59.3. The molecule has 0 fully saturated rings. The molecule has 0 aromatic carbocycles. The third-order valence-corrected chi connectivity index (χ3v) is 10.7. The van der Waals surface area contributed by atoms with Crippen LogP contribution in [0.15, 0.2) is 97.2 Å². The van der Waals surface area contributed by atoms with Gasteiger partial charge in [0.25, 0.3) is 0 Å². The van der Waals surface area contributed by atoms with E-state index >= 15 is 0 Å². The summed E-state index contributed by atoms with van der Waals surface area (Å²) in [6.07, 6.45) is 66.7. The Balaban J connectivity index is 4.48. The summed E-state index contributed by atoms with van der Waals surface area (Å²) in [5.74, 6) is -0.951. The Hall–Kier alpha value is -3.67. The number of hydrogen-bond acceptors (Lipinski definition) is 6. The maximum atomic E-state index is 12.8. The molecule has 0 aliphatic rings. The topological polar surface area (TPSA) is 78.9 Å². The van der Waals surface area contributed by atoms with Crippen molar-refractivity contribution in [3.8, 4) is 0 Å². The minimum absolute atomic E-state index is 0.0949. The van der Waals surface area contributed by atoms with Crippen LogP contribution in [0.25, 0.3) is 0 Å². The lowest BCUT2D eigenvalue weighted by Gasteiger charge is -2.18. The lowest BCUT2D eigenvalue weighted by atomic mass is 10.1. The number of unbranched alkanes of at least 4 members (excludes halogenated alkanes) is 23. The van der Waals surface area contributed by atoms with E-state index in [0.29, 0.717) is 19.3 Å². The molecule has 0 heterocycles. The predicted molar refractivity (Wildman–Crippen MR) is 270 cm³/mol. The number of esters is 3. The van der Waals surface area contributed by atoms with Crippen molar-refractivity contribution < 1.29 is 28.6 Å². The molecule has 0 saturated carbocycles. The molecule has 0 amide bonds. The first-order valence-corrected chi connectivity index (χ1v) is 25.8. The minimum atomic E-state index is -0.799. The molecule has 358 valence electrons. The first-order valence-electron chi connectivity index (χ1n) is 25.8. The number of carbonyl (C=O) groups excluding carboxylic acids is 3. The van der Waals surface area contributed by atoms with Crippen molar-refractivity contribution >= 4 is 17.9 Å². The van der Waals surface area contributed by atoms with Crippen molar-refractivity contribution in [2.24, 2.45) is 0 Å². The fourth-order valence-corrected chi connectivity index (χ4v) is 6.86. The van der Waals surface area contributed by atoms with Gasteiger partial charge in [-0.3, -0.25) is 14.4 Å². The molecule has 0 N–H and O–H groups in total. The summed E-state index contributed by atoms with van der Waals surface area (Å²) >= 11 is 0. The Kier molecular flexibility index (Phi) is 48.0. The SMILES string of the molecule is CC\C=C/C=C\C=C/C=C\C=C\C=C/CCCCCC(=O)OCC(COC(=O)CCCCCCCCCCCCC)OC(=O)CCCCCCCCC/C=C\C/C=C\CCCCC. The number of carbonyl (C=O) groups is 3. The normalized spacial score (nSPS) is 12.9. The van der Waals surface area contributed by atoms with Crippen LogP contribution in [0.4, 0.5) is 0 Å². The van der Waals surface area contributed by atoms with Gasteiger partial charge in [0, 0.05) is 19.3 Å². The zero-order valence-corrected chi connectivity index (χ0v) is 40.8. The largest absolute Gasteiger partial charge is 0.462 e. The van der Waals surface area contributed by atoms with Gasteiger partial charge in [0.15, 0.2) is 6.10 Å². The summed E-state index contributed by atoms with van der Waals surface area (Å²) in [4.78, 5) is 38.0. The quantitative estimate of drug-likeness (QED) is 0.0199. The van der Waals surface area contributed by atoms with E-state index in [1.165, 1.54) is 103 Å². The molecule has 6 heteroatoms. The number of ether oxygens (including phenoxy) is 3. The average molecular weight is 875 g/mol. The van der Waals surface area contributed by atoms with E-state index in [1.807, 2.05) is 60.8 Å². The number of hydrogen-bond donors (Lipinski definition) is 0. The fraction of sp³-hybridized carbons (Fsp3) is 0.667. The van der Waals surface area contributed by atoms with Crippen LogP contribution < -0.4 is 0 Å². The van der Waals surface area contributed by atoms with Gasteiger partial charge in [-0.2, -0.15) is 0 Å². The zero-order valence-electron chi connectivity index (χ0n) is 40.8. The molecule has 1 unspecified atom stereocenters. The molecule has 0 aromatic heterocycles. The molecule has 0 spiro atoms. The lowest BCUT2D eigenvalue weighted by molar-refractivity contribution is -0.167. The van der Waals surface area contributed by atoms with Crippen molar-refractivity contribution in [3.63, 3.8) is 0 Å². The maximum Gasteiger partial charge on any atom is 0.306 e. The molecule has 0 aliphatic heterocycles. The van der Waals surface area contributed by atoms with Crippen LogP contribution in [-0.4, -0.2) is 37.2 Å². The number of rotatable bonds is 45. The van der Waals surface area contributed by atoms with Gasteiger partial charge in [0.1, 0.15) is 13.2 Å². The average Bonchev–Trinajstić information content (AvgIpc) is 3.28. The van der Waals surface area contributed by atoms with E-state index in [0.717, 1.165) is 83.5 Å². The van der Waals surface area contributed by atoms with Crippen molar-refractivity contribution in [1.29, 1.82) is 0 Å². The summed E-state index contributed by atoms with van der Waals surface area (Å²) in [6, 6.07) is 0. The van der Waals surface area contributed by atoms with Crippen molar-refractivity contribution in [3.05, 3.63) is 97.2 Å². The van der Waals surface area contributed by atoms with Crippen LogP contribution in [0, 0.1) is 0 Å². The Labute approximate surface area is 387 Å². The van der Waals surface area contributed by atoms with Crippen molar-refractivity contribution in [2.75, 3.05) is 13.2 Å². The monoisotopic (exact) mass is 875 g/mol. The third kappa shape index (κ3) is 49.2. The van der Waals surface area contributed by atoms with Gasteiger partial charge in [0.05, 0.1) is 0 Å². The highest BCUT2D eigenvalue weighted by Crippen LogP contribution is 2.14. The van der Waals surface area contributed by atoms with Crippen LogP contribution in [-0.2, 0) is 28.6 Å². The fourth-order valence-electron chi connectivity index (χ4n) is 6.86. The van der Waals surface area contributed by atoms with Gasteiger partial charge < -0.3 is 14.2 Å². The molecule has 63 heavy (non-hydrogen) atoms. The van der Waals surface area contributed by atoms with Crippen LogP contribution >= 0.6 is 0 Å². The van der Waals surface area contributed by atoms with Gasteiger partial charge in [0.2, 0.25) is 0 Å². The Morgan fingerprint density at radius 1 is 0.349 bits per heavy atom. The Bertz CT molecular complexity index is 1280. The summed E-state index contributed by atoms with van der Waals surface area (Å²) < 4.78 is 16.8. The minimum Gasteiger partial charge on any atom is -0.462 e. The standard InChI is InChI=1S/C57H94O6/c1-4-7-10-13-16-19-22-24-26-28-30-32-35-38-41-44-47-50-56(59)62-53-54(52-61-55(58)49-46-43-40-37-34-21-18-15-12-9-6-3)63-57(60)51-48-45-42-39-36-33-31-29-27-25-23-20-17-14-11-8-5-2/h7,10,13,16-17,19-20,22,24-28,30,32,35,54H,4-6,8-9,11-12,14-15,18,21,23,29,31,33-34,36-53H2,1-3H3/b10-7-,16-13-,20-17-,22-19-,26-24-,27-25-,30-28+,35-32-. The van der Waals surface area contributed by atoms with Crippen LogP contribution in [0.5, 0.6) is 0 Å². The highest BCUT2D eigenvalue weighted by molar-refractivity contribution is 5.71. The lowest BCUT2D eigenvalue weighted by Crippen LogP contribution is -2.30. The third-order valence-electron chi connectivity index (χ3n) is 10.7. The van der Waals surface area contributed by atoms with E-state index in [-0.39, 0.29) is 31.1 Å². The zero-order chi connectivity index (χ0) is 45.8. The first-order chi connectivity index (χ1) is 31.0. The van der Waals surface area contributed by atoms with Crippen LogP contribution in [0.1, 0.15) is 226 Å². The Morgan fingerprint density at radius 3 is 1.14 bits per heavy atom. The summed E-state index contributed by atoms with van der Waals surface area (Å²) in [5, 5.41) is 0. The molecule has 0 rings (SSSR count). The summed E-state index contributed by atoms with van der Waals surface area (Å²) in [5.41, 5.74) is 0. The van der Waals surface area contributed by atoms with Gasteiger partial charge >= 0.3 is 17.9 Å². The van der Waals surface area contributed by atoms with Crippen LogP contribution in [0.2, 0.25) is 0 Å². The van der Waals surface area contributed by atoms with E-state index in [9.17, 15) is 14.4 Å². The molecule has 0 aromatic rings. The molecule has 6 nitrogen and oxygen atoms in total. The van der Waals surface area contributed by atoms with Crippen molar-refractivity contribution in [2.45, 2.75) is 232 Å². The van der Waals surface area contributed by atoms with Gasteiger partial charge in [-0.1, -0.05) is 234 Å². The van der Waals surface area contributed by atoms with E-state index in [1.54, 1.807) is 0 Å².